The van der Waals surface area contributed by atoms with Gasteiger partial charge in [-0.15, -0.1) is 0 Å². The van der Waals surface area contributed by atoms with Gasteiger partial charge < -0.3 is 25.0 Å². The molecule has 1 aromatic heterocycles. The van der Waals surface area contributed by atoms with Crippen molar-refractivity contribution in [3.63, 3.8) is 0 Å². The van der Waals surface area contributed by atoms with Crippen LogP contribution in [0, 0.1) is 5.92 Å². The zero-order valence-electron chi connectivity index (χ0n) is 26.2. The first-order chi connectivity index (χ1) is 21.6. The second kappa shape index (κ2) is 12.8. The van der Waals surface area contributed by atoms with Crippen LogP contribution in [0.5, 0.6) is 0 Å². The predicted molar refractivity (Wildman–Crippen MR) is 166 cm³/mol. The van der Waals surface area contributed by atoms with Crippen LogP contribution in [0.3, 0.4) is 0 Å². The van der Waals surface area contributed by atoms with Crippen LogP contribution in [-0.2, 0) is 14.3 Å². The Bertz CT molecular complexity index is 1440. The molecular weight excluding hydrogens is 578 g/mol. The number of nitrogens with zero attached hydrogens (tertiary/aromatic N) is 3. The molecule has 1 saturated carbocycles. The summed E-state index contributed by atoms with van der Waals surface area (Å²) in [6.45, 7) is 9.03. The van der Waals surface area contributed by atoms with Crippen molar-refractivity contribution in [1.82, 2.24) is 30.8 Å². The van der Waals surface area contributed by atoms with Crippen molar-refractivity contribution in [1.29, 1.82) is 0 Å². The molecule has 13 nitrogen and oxygen atoms in total. The van der Waals surface area contributed by atoms with Crippen molar-refractivity contribution in [2.75, 3.05) is 44.7 Å². The maximum atomic E-state index is 13.8. The van der Waals surface area contributed by atoms with Gasteiger partial charge in [0.1, 0.15) is 11.3 Å². The number of alkyl carbamates (subject to hydrolysis) is 1. The van der Waals surface area contributed by atoms with Crippen molar-refractivity contribution in [3.05, 3.63) is 35.0 Å². The summed E-state index contributed by atoms with van der Waals surface area (Å²) in [5, 5.41) is 15.3. The number of carbonyl (C=O) groups excluding carboxylic acids is 4. The number of morpholine rings is 1. The second-order valence-corrected chi connectivity index (χ2v) is 13.4. The topological polar surface area (TPSA) is 158 Å². The number of hydrogen-bond donors (Lipinski definition) is 4. The number of aromatic amines is 1. The quantitative estimate of drug-likeness (QED) is 0.335. The van der Waals surface area contributed by atoms with Gasteiger partial charge in [0.15, 0.2) is 5.78 Å². The van der Waals surface area contributed by atoms with E-state index in [1.54, 1.807) is 11.1 Å². The lowest BCUT2D eigenvalue weighted by Crippen LogP contribution is -2.49. The monoisotopic (exact) mass is 621 g/mol. The molecule has 45 heavy (non-hydrogen) atoms. The number of ether oxygens (including phenoxy) is 2. The number of hydrogen-bond acceptors (Lipinski definition) is 8. The number of ketones is 1. The van der Waals surface area contributed by atoms with Gasteiger partial charge in [-0.05, 0) is 65.4 Å². The van der Waals surface area contributed by atoms with E-state index in [0.717, 1.165) is 44.2 Å². The van der Waals surface area contributed by atoms with Crippen molar-refractivity contribution >= 4 is 29.5 Å². The Morgan fingerprint density at radius 2 is 1.69 bits per heavy atom. The molecule has 2 saturated heterocycles. The standard InChI is InChI=1S/C32H43N7O6/c1-32(2,3)45-31(43)33-21-9-7-20(8-10-21)29(41)38-13-11-19(12-14-38)26-25-27(36-35-26)22-5-4-6-23(24(22)28(25)40)34-30(42)37-39-15-17-44-18-16-39/h4-6,19-21H,7-18H2,1-3H3,(H,33,43)(H,35,36)(H2,34,37,42). The van der Waals surface area contributed by atoms with Crippen molar-refractivity contribution in [2.24, 2.45) is 5.92 Å². The molecule has 2 aliphatic carbocycles. The van der Waals surface area contributed by atoms with E-state index in [1.807, 2.05) is 37.8 Å². The molecule has 1 aromatic carbocycles. The van der Waals surface area contributed by atoms with Crippen LogP contribution in [0.1, 0.15) is 86.8 Å². The highest BCUT2D eigenvalue weighted by atomic mass is 16.6. The summed E-state index contributed by atoms with van der Waals surface area (Å²) in [6.07, 6.45) is 4.02. The number of H-pyrrole nitrogens is 1. The number of likely N-dealkylation sites (tertiary alicyclic amines) is 1. The first-order valence-electron chi connectivity index (χ1n) is 16.0. The highest BCUT2D eigenvalue weighted by Crippen LogP contribution is 2.43. The van der Waals surface area contributed by atoms with Crippen molar-refractivity contribution < 1.29 is 28.7 Å². The first-order valence-corrected chi connectivity index (χ1v) is 16.0. The number of benzene rings is 1. The summed E-state index contributed by atoms with van der Waals surface area (Å²) < 4.78 is 10.7. The van der Waals surface area contributed by atoms with Crippen LogP contribution in [0.25, 0.3) is 11.3 Å². The molecule has 0 radical (unpaired) electrons. The minimum absolute atomic E-state index is 0.0219. The Kier molecular flexibility index (Phi) is 8.82. The van der Waals surface area contributed by atoms with Gasteiger partial charge in [0.05, 0.1) is 35.7 Å². The Morgan fingerprint density at radius 1 is 0.978 bits per heavy atom. The van der Waals surface area contributed by atoms with Gasteiger partial charge in [0.2, 0.25) is 5.91 Å². The van der Waals surface area contributed by atoms with E-state index in [9.17, 15) is 19.2 Å². The number of amides is 4. The van der Waals surface area contributed by atoms with Gasteiger partial charge in [-0.3, -0.25) is 20.1 Å². The minimum Gasteiger partial charge on any atom is -0.444 e. The molecule has 2 aliphatic heterocycles. The highest BCUT2D eigenvalue weighted by Gasteiger charge is 2.39. The average Bonchev–Trinajstić information content (AvgIpc) is 3.57. The van der Waals surface area contributed by atoms with Crippen LogP contribution in [0.4, 0.5) is 15.3 Å². The van der Waals surface area contributed by atoms with Crippen LogP contribution in [-0.4, -0.2) is 95.0 Å². The van der Waals surface area contributed by atoms with Gasteiger partial charge in [-0.25, -0.2) is 14.6 Å². The first kappa shape index (κ1) is 31.0. The van der Waals surface area contributed by atoms with Crippen molar-refractivity contribution in [2.45, 2.75) is 76.9 Å². The molecule has 242 valence electrons. The smallest absolute Gasteiger partial charge is 0.407 e. The fourth-order valence-corrected chi connectivity index (χ4v) is 6.87. The third-order valence-electron chi connectivity index (χ3n) is 9.10. The zero-order valence-corrected chi connectivity index (χ0v) is 26.2. The molecule has 0 atom stereocenters. The normalized spacial score (nSPS) is 22.4. The van der Waals surface area contributed by atoms with E-state index >= 15 is 0 Å². The van der Waals surface area contributed by atoms with Crippen molar-refractivity contribution in [3.8, 4) is 11.3 Å². The lowest BCUT2D eigenvalue weighted by atomic mass is 9.84. The Morgan fingerprint density at radius 3 is 2.38 bits per heavy atom. The largest absolute Gasteiger partial charge is 0.444 e. The molecule has 4 N–H and O–H groups in total. The van der Waals surface area contributed by atoms with E-state index in [4.69, 9.17) is 9.47 Å². The number of rotatable bonds is 5. The molecule has 3 fully saturated rings. The maximum Gasteiger partial charge on any atom is 0.407 e. The van der Waals surface area contributed by atoms with Gasteiger partial charge in [0.25, 0.3) is 0 Å². The Labute approximate surface area is 262 Å². The molecule has 3 heterocycles. The maximum absolute atomic E-state index is 13.8. The number of urea groups is 1. The van der Waals surface area contributed by atoms with Crippen LogP contribution < -0.4 is 16.1 Å². The summed E-state index contributed by atoms with van der Waals surface area (Å²) in [5.74, 6) is 0.0466. The number of aromatic nitrogens is 2. The number of nitrogens with one attached hydrogen (secondary N) is 4. The lowest BCUT2D eigenvalue weighted by Gasteiger charge is -2.36. The predicted octanol–water partition coefficient (Wildman–Crippen LogP) is 3.78. The Balaban J connectivity index is 1.03. The molecule has 13 heteroatoms. The van der Waals surface area contributed by atoms with Crippen LogP contribution in [0.2, 0.25) is 0 Å². The summed E-state index contributed by atoms with van der Waals surface area (Å²) >= 11 is 0. The van der Waals surface area contributed by atoms with Gasteiger partial charge >= 0.3 is 12.1 Å². The summed E-state index contributed by atoms with van der Waals surface area (Å²) in [4.78, 5) is 54.0. The zero-order chi connectivity index (χ0) is 31.7. The number of fused-ring (bicyclic) bond motifs is 3. The fourth-order valence-electron chi connectivity index (χ4n) is 6.87. The van der Waals surface area contributed by atoms with E-state index in [1.165, 1.54) is 0 Å². The van der Waals surface area contributed by atoms with Gasteiger partial charge in [-0.2, -0.15) is 5.10 Å². The lowest BCUT2D eigenvalue weighted by molar-refractivity contribution is -0.137. The number of piperidine rings is 1. The van der Waals surface area contributed by atoms with E-state index < -0.39 is 17.7 Å². The third kappa shape index (κ3) is 6.84. The van der Waals surface area contributed by atoms with E-state index in [0.29, 0.717) is 67.5 Å². The van der Waals surface area contributed by atoms with Gasteiger partial charge in [-0.1, -0.05) is 12.1 Å². The number of anilines is 1. The molecule has 4 amide bonds. The molecular formula is C32H43N7O6. The van der Waals surface area contributed by atoms with Crippen LogP contribution >= 0.6 is 0 Å². The number of hydrazine groups is 1. The molecule has 2 aromatic rings. The van der Waals surface area contributed by atoms with Gasteiger partial charge in [0, 0.05) is 49.6 Å². The number of carbonyl (C=O) groups is 4. The third-order valence-corrected chi connectivity index (χ3v) is 9.10. The molecule has 0 bridgehead atoms. The highest BCUT2D eigenvalue weighted by molar-refractivity contribution is 6.25. The summed E-state index contributed by atoms with van der Waals surface area (Å²) in [5.41, 5.74) is 5.85. The molecule has 0 unspecified atom stereocenters. The molecule has 4 aliphatic rings. The average molecular weight is 622 g/mol. The SMILES string of the molecule is CC(C)(C)OC(=O)NC1CCC(C(=O)N2CCC(c3[nH]nc4c3C(=O)c3c(NC(=O)NN5CCOCC5)cccc3-4)CC2)CC1. The minimum atomic E-state index is -0.543. The van der Waals surface area contributed by atoms with E-state index in [-0.39, 0.29) is 29.6 Å². The molecule has 0 spiro atoms. The summed E-state index contributed by atoms with van der Waals surface area (Å²) in [6, 6.07) is 5.01. The fraction of sp³-hybridized carbons (Fsp3) is 0.594. The Hall–Kier alpha value is -3.97. The van der Waals surface area contributed by atoms with Crippen LogP contribution in [0.15, 0.2) is 18.2 Å². The molecule has 6 rings (SSSR count). The second-order valence-electron chi connectivity index (χ2n) is 13.4. The summed E-state index contributed by atoms with van der Waals surface area (Å²) in [7, 11) is 0. The van der Waals surface area contributed by atoms with E-state index in [2.05, 4.69) is 26.3 Å².